The van der Waals surface area contributed by atoms with E-state index in [0.717, 1.165) is 0 Å². The van der Waals surface area contributed by atoms with E-state index in [9.17, 15) is 4.79 Å². The van der Waals surface area contributed by atoms with Crippen LogP contribution in [-0.4, -0.2) is 29.2 Å². The maximum Gasteiger partial charge on any atom is 0.249 e. The van der Waals surface area contributed by atoms with Crippen LogP contribution in [0.3, 0.4) is 0 Å². The van der Waals surface area contributed by atoms with Crippen LogP contribution in [-0.2, 0) is 9.53 Å². The van der Waals surface area contributed by atoms with Gasteiger partial charge in [-0.3, -0.25) is 4.79 Å². The zero-order chi connectivity index (χ0) is 8.06. The lowest BCUT2D eigenvalue weighted by Crippen LogP contribution is -2.43. The molecule has 2 aliphatic heterocycles. The van der Waals surface area contributed by atoms with Crippen molar-refractivity contribution < 1.29 is 9.53 Å². The summed E-state index contributed by atoms with van der Waals surface area (Å²) >= 11 is 0. The van der Waals surface area contributed by atoms with E-state index >= 15 is 0 Å². The molecule has 0 aromatic rings. The molecule has 3 nitrogen and oxygen atoms in total. The third kappa shape index (κ3) is 0.807. The summed E-state index contributed by atoms with van der Waals surface area (Å²) in [6, 6.07) is 0.178. The van der Waals surface area contributed by atoms with Crippen molar-refractivity contribution >= 4 is 5.91 Å². The molecule has 0 aromatic heterocycles. The van der Waals surface area contributed by atoms with Gasteiger partial charge < -0.3 is 9.64 Å². The number of ether oxygens (including phenoxy) is 1. The Morgan fingerprint density at radius 2 is 2.45 bits per heavy atom. The van der Waals surface area contributed by atoms with Crippen molar-refractivity contribution in [3.05, 3.63) is 12.2 Å². The van der Waals surface area contributed by atoms with Crippen LogP contribution >= 0.6 is 0 Å². The van der Waals surface area contributed by atoms with Crippen molar-refractivity contribution in [2.75, 3.05) is 6.61 Å². The molecule has 1 atom stereocenters. The summed E-state index contributed by atoms with van der Waals surface area (Å²) in [4.78, 5) is 13.0. The van der Waals surface area contributed by atoms with E-state index < -0.39 is 5.72 Å². The smallest absolute Gasteiger partial charge is 0.249 e. The molecule has 0 spiro atoms. The van der Waals surface area contributed by atoms with Crippen molar-refractivity contribution in [2.24, 2.45) is 0 Å². The zero-order valence-corrected chi connectivity index (χ0v) is 6.70. The second-order valence-corrected chi connectivity index (χ2v) is 3.39. The molecule has 2 heterocycles. The summed E-state index contributed by atoms with van der Waals surface area (Å²) in [7, 11) is 0. The lowest BCUT2D eigenvalue weighted by molar-refractivity contribution is -0.138. The lowest BCUT2D eigenvalue weighted by Gasteiger charge is -2.28. The summed E-state index contributed by atoms with van der Waals surface area (Å²) in [6.45, 7) is 4.46. The van der Waals surface area contributed by atoms with Crippen LogP contribution in [0.4, 0.5) is 0 Å². The first kappa shape index (κ1) is 6.85. The van der Waals surface area contributed by atoms with Crippen LogP contribution in [0.1, 0.15) is 13.8 Å². The minimum atomic E-state index is -0.411. The molecule has 0 radical (unpaired) electrons. The molecule has 1 unspecified atom stereocenters. The Morgan fingerprint density at radius 1 is 1.73 bits per heavy atom. The van der Waals surface area contributed by atoms with Gasteiger partial charge in [-0.25, -0.2) is 0 Å². The van der Waals surface area contributed by atoms with Crippen LogP contribution in [0.25, 0.3) is 0 Å². The first-order valence-corrected chi connectivity index (χ1v) is 3.77. The third-order valence-electron chi connectivity index (χ3n) is 2.22. The first-order valence-electron chi connectivity index (χ1n) is 3.77. The highest BCUT2D eigenvalue weighted by Crippen LogP contribution is 2.30. The molecule has 0 aromatic carbocycles. The van der Waals surface area contributed by atoms with Crippen LogP contribution in [0.2, 0.25) is 0 Å². The highest BCUT2D eigenvalue weighted by molar-refractivity contribution is 5.91. The van der Waals surface area contributed by atoms with Gasteiger partial charge in [-0.1, -0.05) is 6.08 Å². The van der Waals surface area contributed by atoms with Gasteiger partial charge in [0.05, 0.1) is 12.6 Å². The number of carbonyl (C=O) groups excluding carboxylic acids is 1. The predicted octanol–water partition coefficient (Wildman–Crippen LogP) is 0.520. The standard InChI is InChI=1S/C8H11NO2/c1-8(2)9-6(5-11-8)3-4-7(9)10/h3-4,6H,5H2,1-2H3. The molecule has 0 N–H and O–H groups in total. The van der Waals surface area contributed by atoms with E-state index in [1.165, 1.54) is 0 Å². The van der Waals surface area contributed by atoms with Crippen molar-refractivity contribution in [3.63, 3.8) is 0 Å². The molecule has 2 rings (SSSR count). The van der Waals surface area contributed by atoms with E-state index in [4.69, 9.17) is 4.74 Å². The van der Waals surface area contributed by atoms with Crippen molar-refractivity contribution in [1.82, 2.24) is 4.90 Å². The molecule has 1 saturated heterocycles. The van der Waals surface area contributed by atoms with E-state index in [-0.39, 0.29) is 11.9 Å². The Hall–Kier alpha value is -0.830. The van der Waals surface area contributed by atoms with Gasteiger partial charge in [0.1, 0.15) is 5.72 Å². The van der Waals surface area contributed by atoms with Crippen LogP contribution in [0.15, 0.2) is 12.2 Å². The van der Waals surface area contributed by atoms with Gasteiger partial charge in [0, 0.05) is 6.08 Å². The van der Waals surface area contributed by atoms with Crippen molar-refractivity contribution in [3.8, 4) is 0 Å². The fraction of sp³-hybridized carbons (Fsp3) is 0.625. The summed E-state index contributed by atoms with van der Waals surface area (Å²) in [5, 5.41) is 0. The molecule has 1 fully saturated rings. The number of hydrogen-bond acceptors (Lipinski definition) is 2. The van der Waals surface area contributed by atoms with Gasteiger partial charge >= 0.3 is 0 Å². The maximum atomic E-state index is 11.2. The van der Waals surface area contributed by atoms with Crippen LogP contribution < -0.4 is 0 Å². The highest BCUT2D eigenvalue weighted by atomic mass is 16.5. The molecular weight excluding hydrogens is 142 g/mol. The normalized spacial score (nSPS) is 33.1. The van der Waals surface area contributed by atoms with E-state index in [1.54, 1.807) is 11.0 Å². The Balaban J connectivity index is 2.32. The molecule has 1 amide bonds. The molecule has 3 heteroatoms. The monoisotopic (exact) mass is 153 g/mol. The molecule has 2 aliphatic rings. The number of nitrogens with zero attached hydrogens (tertiary/aromatic N) is 1. The van der Waals surface area contributed by atoms with Crippen LogP contribution in [0, 0.1) is 0 Å². The predicted molar refractivity (Wildman–Crippen MR) is 39.8 cm³/mol. The zero-order valence-electron chi connectivity index (χ0n) is 6.70. The fourth-order valence-corrected chi connectivity index (χ4v) is 1.68. The van der Waals surface area contributed by atoms with Gasteiger partial charge in [-0.05, 0) is 13.8 Å². The number of rotatable bonds is 0. The van der Waals surface area contributed by atoms with Gasteiger partial charge in [-0.2, -0.15) is 0 Å². The van der Waals surface area contributed by atoms with Gasteiger partial charge in [0.2, 0.25) is 5.91 Å². The topological polar surface area (TPSA) is 29.5 Å². The Bertz CT molecular complexity index is 232. The molecule has 0 bridgehead atoms. The summed E-state index contributed by atoms with van der Waals surface area (Å²) in [5.74, 6) is 0.0671. The molecular formula is C8H11NO2. The second-order valence-electron chi connectivity index (χ2n) is 3.39. The lowest BCUT2D eigenvalue weighted by atomic mass is 10.2. The maximum absolute atomic E-state index is 11.2. The minimum Gasteiger partial charge on any atom is -0.354 e. The Kier molecular flexibility index (Phi) is 1.16. The third-order valence-corrected chi connectivity index (χ3v) is 2.22. The number of hydrogen-bond donors (Lipinski definition) is 0. The second kappa shape index (κ2) is 1.85. The quantitative estimate of drug-likeness (QED) is 0.507. The van der Waals surface area contributed by atoms with E-state index in [2.05, 4.69) is 0 Å². The van der Waals surface area contributed by atoms with Gasteiger partial charge in [0.25, 0.3) is 0 Å². The fourth-order valence-electron chi connectivity index (χ4n) is 1.68. The molecule has 11 heavy (non-hydrogen) atoms. The Labute approximate surface area is 65.6 Å². The van der Waals surface area contributed by atoms with Crippen molar-refractivity contribution in [1.29, 1.82) is 0 Å². The number of amides is 1. The average Bonchev–Trinajstić information content (AvgIpc) is 2.38. The SMILES string of the molecule is CC1(C)OCC2C=CC(=O)N21. The Morgan fingerprint density at radius 3 is 3.09 bits per heavy atom. The van der Waals surface area contributed by atoms with E-state index in [1.807, 2.05) is 19.9 Å². The molecule has 0 aliphatic carbocycles. The van der Waals surface area contributed by atoms with Crippen molar-refractivity contribution in [2.45, 2.75) is 25.6 Å². The largest absolute Gasteiger partial charge is 0.354 e. The summed E-state index contributed by atoms with van der Waals surface area (Å²) < 4.78 is 5.43. The highest BCUT2D eigenvalue weighted by Gasteiger charge is 2.44. The molecule has 60 valence electrons. The van der Waals surface area contributed by atoms with Crippen LogP contribution in [0.5, 0.6) is 0 Å². The minimum absolute atomic E-state index is 0.0671. The molecule has 0 saturated carbocycles. The number of carbonyl (C=O) groups is 1. The van der Waals surface area contributed by atoms with Gasteiger partial charge in [-0.15, -0.1) is 0 Å². The summed E-state index contributed by atoms with van der Waals surface area (Å²) in [5.41, 5.74) is -0.411. The summed E-state index contributed by atoms with van der Waals surface area (Å²) in [6.07, 6.45) is 3.52. The van der Waals surface area contributed by atoms with E-state index in [0.29, 0.717) is 6.61 Å². The number of fused-ring (bicyclic) bond motifs is 1. The first-order chi connectivity index (χ1) is 5.11. The average molecular weight is 153 g/mol. The van der Waals surface area contributed by atoms with Gasteiger partial charge in [0.15, 0.2) is 0 Å².